The second-order valence-electron chi connectivity index (χ2n) is 5.20. The van der Waals surface area contributed by atoms with Crippen LogP contribution in [-0.2, 0) is 0 Å². The Morgan fingerprint density at radius 2 is 1.95 bits per heavy atom. The molecule has 0 saturated carbocycles. The van der Waals surface area contributed by atoms with Gasteiger partial charge in [0.1, 0.15) is 0 Å². The van der Waals surface area contributed by atoms with Crippen LogP contribution in [0.1, 0.15) is 31.9 Å². The maximum absolute atomic E-state index is 11.0. The number of rotatable bonds is 7. The van der Waals surface area contributed by atoms with Crippen LogP contribution in [0.2, 0.25) is 0 Å². The van der Waals surface area contributed by atoms with Gasteiger partial charge in [-0.2, -0.15) is 0 Å². The van der Waals surface area contributed by atoms with Gasteiger partial charge in [0.15, 0.2) is 0 Å². The van der Waals surface area contributed by atoms with E-state index >= 15 is 0 Å². The van der Waals surface area contributed by atoms with Gasteiger partial charge in [0.05, 0.1) is 4.92 Å². The smallest absolute Gasteiger partial charge is 0.274 e. The first-order valence-corrected chi connectivity index (χ1v) is 6.56. The lowest BCUT2D eigenvalue weighted by atomic mass is 10.0. The van der Waals surface area contributed by atoms with E-state index in [1.165, 1.54) is 0 Å². The lowest BCUT2D eigenvalue weighted by Crippen LogP contribution is -2.32. The third kappa shape index (κ3) is 4.96. The monoisotopic (exact) mass is 265 g/mol. The second kappa shape index (κ2) is 7.21. The Morgan fingerprint density at radius 3 is 2.53 bits per heavy atom. The predicted molar refractivity (Wildman–Crippen MR) is 77.3 cm³/mol. The van der Waals surface area contributed by atoms with E-state index in [0.29, 0.717) is 6.04 Å². The highest BCUT2D eigenvalue weighted by Crippen LogP contribution is 2.24. The van der Waals surface area contributed by atoms with E-state index in [2.05, 4.69) is 17.1 Å². The Morgan fingerprint density at radius 1 is 1.32 bits per heavy atom. The fourth-order valence-electron chi connectivity index (χ4n) is 2.07. The van der Waals surface area contributed by atoms with Crippen LogP contribution in [0.25, 0.3) is 0 Å². The van der Waals surface area contributed by atoms with Gasteiger partial charge in [0.25, 0.3) is 5.69 Å². The van der Waals surface area contributed by atoms with E-state index in [1.807, 2.05) is 33.2 Å². The SMILES string of the molecule is CC(CCN(C)C)NC(C)c1ccccc1[N+](=O)[O-]. The Kier molecular flexibility index (Phi) is 5.92. The quantitative estimate of drug-likeness (QED) is 0.608. The summed E-state index contributed by atoms with van der Waals surface area (Å²) in [6.45, 7) is 5.07. The molecule has 0 heterocycles. The average Bonchev–Trinajstić information content (AvgIpc) is 2.36. The van der Waals surface area contributed by atoms with Crippen LogP contribution in [0.3, 0.4) is 0 Å². The summed E-state index contributed by atoms with van der Waals surface area (Å²) in [4.78, 5) is 12.8. The maximum Gasteiger partial charge on any atom is 0.274 e. The van der Waals surface area contributed by atoms with Crippen molar-refractivity contribution in [2.45, 2.75) is 32.4 Å². The van der Waals surface area contributed by atoms with E-state index in [4.69, 9.17) is 0 Å². The van der Waals surface area contributed by atoms with Crippen molar-refractivity contribution in [1.29, 1.82) is 0 Å². The van der Waals surface area contributed by atoms with Crippen molar-refractivity contribution in [2.75, 3.05) is 20.6 Å². The van der Waals surface area contributed by atoms with Crippen LogP contribution < -0.4 is 5.32 Å². The first-order chi connectivity index (χ1) is 8.91. The Balaban J connectivity index is 2.67. The molecule has 5 heteroatoms. The second-order valence-corrected chi connectivity index (χ2v) is 5.20. The highest BCUT2D eigenvalue weighted by molar-refractivity contribution is 5.41. The van der Waals surface area contributed by atoms with Crippen molar-refractivity contribution in [1.82, 2.24) is 10.2 Å². The summed E-state index contributed by atoms with van der Waals surface area (Å²) in [5, 5.41) is 14.4. The summed E-state index contributed by atoms with van der Waals surface area (Å²) in [5.74, 6) is 0. The number of nitro groups is 1. The minimum Gasteiger partial charge on any atom is -0.309 e. The van der Waals surface area contributed by atoms with E-state index < -0.39 is 0 Å². The van der Waals surface area contributed by atoms with E-state index in [0.717, 1.165) is 18.5 Å². The normalized spacial score (nSPS) is 14.4. The zero-order chi connectivity index (χ0) is 14.4. The number of hydrogen-bond acceptors (Lipinski definition) is 4. The molecule has 106 valence electrons. The molecule has 2 atom stereocenters. The largest absolute Gasteiger partial charge is 0.309 e. The molecule has 0 aliphatic heterocycles. The van der Waals surface area contributed by atoms with Gasteiger partial charge in [-0.1, -0.05) is 18.2 Å². The molecule has 1 aromatic rings. The number of nitro benzene ring substituents is 1. The minimum absolute atomic E-state index is 0.0289. The van der Waals surface area contributed by atoms with Crippen LogP contribution in [-0.4, -0.2) is 36.5 Å². The molecule has 0 saturated heterocycles. The summed E-state index contributed by atoms with van der Waals surface area (Å²) in [6.07, 6.45) is 1.01. The Hall–Kier alpha value is -1.46. The van der Waals surface area contributed by atoms with Crippen molar-refractivity contribution in [3.63, 3.8) is 0 Å². The number of para-hydroxylation sites is 1. The molecule has 1 aromatic carbocycles. The standard InChI is InChI=1S/C14H23N3O2/c1-11(9-10-16(3)4)15-12(2)13-7-5-6-8-14(13)17(18)19/h5-8,11-12,15H,9-10H2,1-4H3. The summed E-state index contributed by atoms with van der Waals surface area (Å²) in [5.41, 5.74) is 0.923. The molecule has 0 spiro atoms. The molecule has 1 rings (SSSR count). The summed E-state index contributed by atoms with van der Waals surface area (Å²) >= 11 is 0. The lowest BCUT2D eigenvalue weighted by molar-refractivity contribution is -0.385. The number of nitrogens with zero attached hydrogens (tertiary/aromatic N) is 2. The maximum atomic E-state index is 11.0. The molecule has 0 amide bonds. The molecule has 0 fully saturated rings. The molecule has 0 radical (unpaired) electrons. The molecule has 5 nitrogen and oxygen atoms in total. The summed E-state index contributed by atoms with van der Waals surface area (Å²) in [6, 6.07) is 7.19. The van der Waals surface area contributed by atoms with E-state index in [9.17, 15) is 10.1 Å². The van der Waals surface area contributed by atoms with Crippen molar-refractivity contribution in [3.8, 4) is 0 Å². The van der Waals surface area contributed by atoms with Gasteiger partial charge in [-0.15, -0.1) is 0 Å². The van der Waals surface area contributed by atoms with Gasteiger partial charge in [0.2, 0.25) is 0 Å². The molecule has 0 aliphatic carbocycles. The Bertz CT molecular complexity index is 421. The first kappa shape index (κ1) is 15.6. The molecule has 19 heavy (non-hydrogen) atoms. The van der Waals surface area contributed by atoms with Crippen molar-refractivity contribution >= 4 is 5.69 Å². The number of nitrogens with one attached hydrogen (secondary N) is 1. The molecule has 0 aliphatic rings. The minimum atomic E-state index is -0.321. The van der Waals surface area contributed by atoms with Gasteiger partial charge in [-0.25, -0.2) is 0 Å². The molecular weight excluding hydrogens is 242 g/mol. The fourth-order valence-corrected chi connectivity index (χ4v) is 2.07. The number of hydrogen-bond donors (Lipinski definition) is 1. The van der Waals surface area contributed by atoms with Crippen molar-refractivity contribution in [2.24, 2.45) is 0 Å². The van der Waals surface area contributed by atoms with Crippen LogP contribution in [0.15, 0.2) is 24.3 Å². The highest BCUT2D eigenvalue weighted by Gasteiger charge is 2.19. The third-order valence-corrected chi connectivity index (χ3v) is 3.14. The van der Waals surface area contributed by atoms with E-state index in [1.54, 1.807) is 12.1 Å². The fraction of sp³-hybridized carbons (Fsp3) is 0.571. The number of benzene rings is 1. The van der Waals surface area contributed by atoms with Crippen molar-refractivity contribution in [3.05, 3.63) is 39.9 Å². The van der Waals surface area contributed by atoms with Gasteiger partial charge in [-0.05, 0) is 40.9 Å². The zero-order valence-electron chi connectivity index (χ0n) is 12.1. The van der Waals surface area contributed by atoms with E-state index in [-0.39, 0.29) is 16.7 Å². The van der Waals surface area contributed by atoms with Crippen LogP contribution in [0.5, 0.6) is 0 Å². The lowest BCUT2D eigenvalue weighted by Gasteiger charge is -2.21. The van der Waals surface area contributed by atoms with Crippen LogP contribution >= 0.6 is 0 Å². The molecule has 0 bridgehead atoms. The molecular formula is C14H23N3O2. The van der Waals surface area contributed by atoms with Gasteiger partial charge < -0.3 is 10.2 Å². The topological polar surface area (TPSA) is 58.4 Å². The molecule has 1 N–H and O–H groups in total. The van der Waals surface area contributed by atoms with Crippen LogP contribution in [0.4, 0.5) is 5.69 Å². The Labute approximate surface area is 114 Å². The zero-order valence-corrected chi connectivity index (χ0v) is 12.1. The van der Waals surface area contributed by atoms with Crippen LogP contribution in [0, 0.1) is 10.1 Å². The average molecular weight is 265 g/mol. The molecule has 2 unspecified atom stereocenters. The predicted octanol–water partition coefficient (Wildman–Crippen LogP) is 2.59. The van der Waals surface area contributed by atoms with Crippen molar-refractivity contribution < 1.29 is 4.92 Å². The third-order valence-electron chi connectivity index (χ3n) is 3.14. The summed E-state index contributed by atoms with van der Waals surface area (Å²) < 4.78 is 0. The van der Waals surface area contributed by atoms with Gasteiger partial charge >= 0.3 is 0 Å². The van der Waals surface area contributed by atoms with Gasteiger partial charge in [0, 0.05) is 23.7 Å². The molecule has 0 aromatic heterocycles. The highest BCUT2D eigenvalue weighted by atomic mass is 16.6. The van der Waals surface area contributed by atoms with Gasteiger partial charge in [-0.3, -0.25) is 10.1 Å². The summed E-state index contributed by atoms with van der Waals surface area (Å²) in [7, 11) is 4.08. The first-order valence-electron chi connectivity index (χ1n) is 6.56.